The zero-order chi connectivity index (χ0) is 19.1. The number of esters is 1. The van der Waals surface area contributed by atoms with Crippen molar-refractivity contribution in [2.45, 2.75) is 41.9 Å². The van der Waals surface area contributed by atoms with Crippen molar-refractivity contribution in [2.24, 2.45) is 0 Å². The van der Waals surface area contributed by atoms with Crippen LogP contribution in [-0.2, 0) is 9.53 Å². The molecule has 1 aliphatic heterocycles. The summed E-state index contributed by atoms with van der Waals surface area (Å²) in [5.74, 6) is 0.812. The number of carbonyl (C=O) groups excluding carboxylic acids is 2. The lowest BCUT2D eigenvalue weighted by atomic mass is 10.0. The lowest BCUT2D eigenvalue weighted by molar-refractivity contribution is -0.139. The molecule has 0 unspecified atom stereocenters. The van der Waals surface area contributed by atoms with Crippen molar-refractivity contribution in [3.05, 3.63) is 23.4 Å². The number of hydrogen-bond acceptors (Lipinski definition) is 8. The van der Waals surface area contributed by atoms with Crippen LogP contribution in [0.1, 0.15) is 27.2 Å². The van der Waals surface area contributed by atoms with Crippen LogP contribution >= 0.6 is 34.9 Å². The Morgan fingerprint density at radius 3 is 2.62 bits per heavy atom. The summed E-state index contributed by atoms with van der Waals surface area (Å²) in [5, 5.41) is 13.8. The van der Waals surface area contributed by atoms with Gasteiger partial charge in [-0.15, -0.1) is 10.2 Å². The SMILES string of the molecule is C=C(C)CSc1nnc(SCC2=C(C(=O)OCC)[C@@H](CC)NC(=O)N2)s1. The van der Waals surface area contributed by atoms with E-state index in [1.807, 2.05) is 13.8 Å². The summed E-state index contributed by atoms with van der Waals surface area (Å²) in [6.45, 7) is 9.80. The van der Waals surface area contributed by atoms with Gasteiger partial charge in [-0.2, -0.15) is 0 Å². The number of amides is 2. The molecule has 2 N–H and O–H groups in total. The van der Waals surface area contributed by atoms with E-state index in [4.69, 9.17) is 4.74 Å². The first-order chi connectivity index (χ1) is 12.4. The molecule has 142 valence electrons. The fraction of sp³-hybridized carbons (Fsp3) is 0.500. The third kappa shape index (κ3) is 5.75. The van der Waals surface area contributed by atoms with Crippen molar-refractivity contribution in [3.8, 4) is 0 Å². The lowest BCUT2D eigenvalue weighted by Crippen LogP contribution is -2.50. The molecule has 1 atom stereocenters. The smallest absolute Gasteiger partial charge is 0.337 e. The van der Waals surface area contributed by atoms with Crippen molar-refractivity contribution in [3.63, 3.8) is 0 Å². The highest BCUT2D eigenvalue weighted by atomic mass is 32.2. The second kappa shape index (κ2) is 9.98. The molecule has 1 aliphatic rings. The van der Waals surface area contributed by atoms with E-state index in [-0.39, 0.29) is 18.7 Å². The monoisotopic (exact) mass is 414 g/mol. The summed E-state index contributed by atoms with van der Waals surface area (Å²) >= 11 is 4.52. The molecular formula is C16H22N4O3S3. The number of ether oxygens (including phenoxy) is 1. The quantitative estimate of drug-likeness (QED) is 0.364. The number of hydrogen-bond donors (Lipinski definition) is 2. The highest BCUT2D eigenvalue weighted by Crippen LogP contribution is 2.31. The third-order valence-electron chi connectivity index (χ3n) is 3.32. The largest absolute Gasteiger partial charge is 0.463 e. The van der Waals surface area contributed by atoms with E-state index in [9.17, 15) is 9.59 Å². The predicted molar refractivity (Wildman–Crippen MR) is 106 cm³/mol. The summed E-state index contributed by atoms with van der Waals surface area (Å²) in [4.78, 5) is 24.2. The Kier molecular flexibility index (Phi) is 7.98. The minimum Gasteiger partial charge on any atom is -0.463 e. The highest BCUT2D eigenvalue weighted by Gasteiger charge is 2.31. The van der Waals surface area contributed by atoms with E-state index < -0.39 is 5.97 Å². The standard InChI is InChI=1S/C16H22N4O3S3/c1-5-10-12(13(21)23-6-2)11(18-14(22)17-10)8-25-16-20-19-15(26-16)24-7-9(3)4/h10H,3,5-8H2,1-2,4H3,(H2,17,18,22)/t10-/m1/s1. The molecule has 0 aromatic carbocycles. The van der Waals surface area contributed by atoms with Gasteiger partial charge in [0.2, 0.25) is 0 Å². The molecule has 0 fully saturated rings. The zero-order valence-electron chi connectivity index (χ0n) is 15.0. The fourth-order valence-corrected chi connectivity index (χ4v) is 5.04. The molecule has 1 aromatic heterocycles. The Labute approximate surface area is 165 Å². The van der Waals surface area contributed by atoms with Gasteiger partial charge >= 0.3 is 12.0 Å². The second-order valence-electron chi connectivity index (χ2n) is 5.54. The molecule has 0 aliphatic carbocycles. The summed E-state index contributed by atoms with van der Waals surface area (Å²) < 4.78 is 6.81. The van der Waals surface area contributed by atoms with Gasteiger partial charge in [-0.05, 0) is 20.3 Å². The summed E-state index contributed by atoms with van der Waals surface area (Å²) in [6, 6.07) is -0.662. The van der Waals surface area contributed by atoms with Crippen LogP contribution in [0.3, 0.4) is 0 Å². The molecule has 0 saturated heterocycles. The Morgan fingerprint density at radius 2 is 2.00 bits per heavy atom. The van der Waals surface area contributed by atoms with Gasteiger partial charge < -0.3 is 15.4 Å². The average Bonchev–Trinajstić information content (AvgIpc) is 3.05. The van der Waals surface area contributed by atoms with Gasteiger partial charge in [0.25, 0.3) is 0 Å². The first kappa shape index (κ1) is 20.8. The Hall–Kier alpha value is -1.52. The van der Waals surface area contributed by atoms with Gasteiger partial charge in [-0.25, -0.2) is 9.59 Å². The molecular weight excluding hydrogens is 392 g/mol. The maximum Gasteiger partial charge on any atom is 0.337 e. The molecule has 2 amide bonds. The first-order valence-electron chi connectivity index (χ1n) is 8.15. The van der Waals surface area contributed by atoms with Crippen LogP contribution in [0.15, 0.2) is 32.1 Å². The lowest BCUT2D eigenvalue weighted by Gasteiger charge is -2.28. The van der Waals surface area contributed by atoms with Crippen molar-refractivity contribution < 1.29 is 14.3 Å². The molecule has 0 bridgehead atoms. The van der Waals surface area contributed by atoms with E-state index in [1.54, 1.807) is 18.7 Å². The zero-order valence-corrected chi connectivity index (χ0v) is 17.4. The van der Waals surface area contributed by atoms with Crippen molar-refractivity contribution in [1.82, 2.24) is 20.8 Å². The van der Waals surface area contributed by atoms with Crippen molar-refractivity contribution >= 4 is 46.9 Å². The van der Waals surface area contributed by atoms with Gasteiger partial charge in [0.1, 0.15) is 0 Å². The number of urea groups is 1. The maximum absolute atomic E-state index is 12.3. The van der Waals surface area contributed by atoms with Crippen LogP contribution in [0.25, 0.3) is 0 Å². The average molecular weight is 415 g/mol. The minimum atomic E-state index is -0.405. The molecule has 2 heterocycles. The molecule has 10 heteroatoms. The summed E-state index contributed by atoms with van der Waals surface area (Å²) in [7, 11) is 0. The first-order valence-corrected chi connectivity index (χ1v) is 10.9. The maximum atomic E-state index is 12.3. The number of nitrogens with zero attached hydrogens (tertiary/aromatic N) is 2. The van der Waals surface area contributed by atoms with Gasteiger partial charge in [0, 0.05) is 17.2 Å². The van der Waals surface area contributed by atoms with Crippen LogP contribution in [0.2, 0.25) is 0 Å². The molecule has 1 aromatic rings. The fourth-order valence-electron chi connectivity index (χ4n) is 2.21. The van der Waals surface area contributed by atoms with Crippen LogP contribution in [0.5, 0.6) is 0 Å². The van der Waals surface area contributed by atoms with Crippen LogP contribution < -0.4 is 10.6 Å². The summed E-state index contributed by atoms with van der Waals surface area (Å²) in [5.41, 5.74) is 2.12. The van der Waals surface area contributed by atoms with Gasteiger partial charge in [0.15, 0.2) is 8.68 Å². The van der Waals surface area contributed by atoms with Gasteiger partial charge in [-0.1, -0.05) is 53.9 Å². The number of thioether (sulfide) groups is 2. The van der Waals surface area contributed by atoms with Crippen molar-refractivity contribution in [2.75, 3.05) is 18.1 Å². The molecule has 0 spiro atoms. The van der Waals surface area contributed by atoms with E-state index in [2.05, 4.69) is 27.4 Å². The van der Waals surface area contributed by atoms with E-state index in [0.29, 0.717) is 23.4 Å². The normalized spacial score (nSPS) is 16.9. The van der Waals surface area contributed by atoms with Gasteiger partial charge in [-0.3, -0.25) is 0 Å². The molecule has 0 radical (unpaired) electrons. The highest BCUT2D eigenvalue weighted by molar-refractivity contribution is 8.03. The van der Waals surface area contributed by atoms with Gasteiger partial charge in [0.05, 0.1) is 18.2 Å². The Morgan fingerprint density at radius 1 is 1.31 bits per heavy atom. The number of rotatable bonds is 9. The second-order valence-corrected chi connectivity index (χ2v) is 8.96. The molecule has 26 heavy (non-hydrogen) atoms. The molecule has 0 saturated carbocycles. The number of aromatic nitrogens is 2. The Balaban J connectivity index is 2.11. The Bertz CT molecular complexity index is 717. The van der Waals surface area contributed by atoms with Crippen LogP contribution in [0, 0.1) is 0 Å². The van der Waals surface area contributed by atoms with Crippen LogP contribution in [0.4, 0.5) is 4.79 Å². The third-order valence-corrected chi connectivity index (χ3v) is 6.76. The van der Waals surface area contributed by atoms with E-state index in [0.717, 1.165) is 20.0 Å². The van der Waals surface area contributed by atoms with E-state index >= 15 is 0 Å². The topological polar surface area (TPSA) is 93.2 Å². The number of nitrogens with one attached hydrogen (secondary N) is 2. The van der Waals surface area contributed by atoms with Crippen LogP contribution in [-0.4, -0.2) is 46.4 Å². The van der Waals surface area contributed by atoms with Crippen molar-refractivity contribution in [1.29, 1.82) is 0 Å². The molecule has 7 nitrogen and oxygen atoms in total. The summed E-state index contributed by atoms with van der Waals surface area (Å²) in [6.07, 6.45) is 0.607. The molecule has 2 rings (SSSR count). The van der Waals surface area contributed by atoms with E-state index in [1.165, 1.54) is 23.1 Å². The predicted octanol–water partition coefficient (Wildman–Crippen LogP) is 3.21. The minimum absolute atomic E-state index is 0.285. The number of carbonyl (C=O) groups is 2.